The molecule has 0 saturated heterocycles. The van der Waals surface area contributed by atoms with E-state index in [0.29, 0.717) is 5.92 Å². The topological polar surface area (TPSA) is 9.23 Å². The van der Waals surface area contributed by atoms with Gasteiger partial charge in [-0.3, -0.25) is 0 Å². The number of alkyl halides is 2. The molecule has 0 aliphatic heterocycles. The Labute approximate surface area is 149 Å². The molecule has 0 radical (unpaired) electrons. The summed E-state index contributed by atoms with van der Waals surface area (Å²) in [6.45, 7) is -0.511. The largest absolute Gasteiger partial charge is 0.435 e. The van der Waals surface area contributed by atoms with Gasteiger partial charge in [-0.2, -0.15) is 8.78 Å². The van der Waals surface area contributed by atoms with Crippen LogP contribution in [0.15, 0.2) is 36.4 Å². The summed E-state index contributed by atoms with van der Waals surface area (Å²) in [6, 6.07) is 11.6. The van der Waals surface area contributed by atoms with Crippen molar-refractivity contribution in [2.45, 2.75) is 70.8 Å². The maximum absolute atomic E-state index is 12.3. The van der Waals surface area contributed by atoms with Crippen LogP contribution < -0.4 is 4.74 Å². The molecule has 0 amide bonds. The minimum atomic E-state index is -2.77. The average molecular weight is 346 g/mol. The number of fused-ring (bicyclic) bond motifs is 1. The Morgan fingerprint density at radius 1 is 0.960 bits per heavy atom. The van der Waals surface area contributed by atoms with Crippen LogP contribution in [0.25, 0.3) is 10.8 Å². The predicted molar refractivity (Wildman–Crippen MR) is 99.4 cm³/mol. The Bertz CT molecular complexity index is 675. The van der Waals surface area contributed by atoms with Gasteiger partial charge in [0.15, 0.2) is 0 Å². The summed E-state index contributed by atoms with van der Waals surface area (Å²) in [7, 11) is 0. The summed E-state index contributed by atoms with van der Waals surface area (Å²) < 4.78 is 29.2. The SMILES string of the molecule is CCCCCC1CCC(c2ccc3cc(OC(F)F)ccc3c2)CC1. The zero-order valence-corrected chi connectivity index (χ0v) is 15.0. The van der Waals surface area contributed by atoms with Gasteiger partial charge in [-0.25, -0.2) is 0 Å². The molecule has 1 fully saturated rings. The van der Waals surface area contributed by atoms with E-state index in [-0.39, 0.29) is 5.75 Å². The molecule has 0 bridgehead atoms. The highest BCUT2D eigenvalue weighted by Gasteiger charge is 2.22. The van der Waals surface area contributed by atoms with Crippen molar-refractivity contribution in [3.8, 4) is 5.75 Å². The van der Waals surface area contributed by atoms with Crippen molar-refractivity contribution in [3.63, 3.8) is 0 Å². The number of hydrogen-bond donors (Lipinski definition) is 0. The molecule has 0 atom stereocenters. The van der Waals surface area contributed by atoms with Crippen molar-refractivity contribution in [2.24, 2.45) is 5.92 Å². The molecular formula is C22H28F2O. The molecule has 0 aromatic heterocycles. The molecule has 0 N–H and O–H groups in total. The van der Waals surface area contributed by atoms with Crippen molar-refractivity contribution >= 4 is 10.8 Å². The lowest BCUT2D eigenvalue weighted by Gasteiger charge is -2.29. The number of unbranched alkanes of at least 4 members (excludes halogenated alkanes) is 2. The van der Waals surface area contributed by atoms with E-state index in [1.54, 1.807) is 12.1 Å². The van der Waals surface area contributed by atoms with Gasteiger partial charge in [-0.15, -0.1) is 0 Å². The summed E-state index contributed by atoms with van der Waals surface area (Å²) >= 11 is 0. The molecule has 1 saturated carbocycles. The number of halogens is 2. The van der Waals surface area contributed by atoms with Crippen molar-refractivity contribution in [2.75, 3.05) is 0 Å². The van der Waals surface area contributed by atoms with Gasteiger partial charge < -0.3 is 4.74 Å². The highest BCUT2D eigenvalue weighted by Crippen LogP contribution is 2.38. The molecule has 136 valence electrons. The van der Waals surface area contributed by atoms with E-state index in [0.717, 1.165) is 16.7 Å². The molecule has 1 aliphatic carbocycles. The normalized spacial score (nSPS) is 21.0. The predicted octanol–water partition coefficient (Wildman–Crippen LogP) is 7.30. The van der Waals surface area contributed by atoms with E-state index in [2.05, 4.69) is 23.8 Å². The first-order valence-corrected chi connectivity index (χ1v) is 9.64. The van der Waals surface area contributed by atoms with E-state index >= 15 is 0 Å². The molecule has 2 aromatic carbocycles. The van der Waals surface area contributed by atoms with Crippen LogP contribution in [0.1, 0.15) is 69.8 Å². The summed E-state index contributed by atoms with van der Waals surface area (Å²) in [6.07, 6.45) is 10.7. The Morgan fingerprint density at radius 3 is 2.40 bits per heavy atom. The van der Waals surface area contributed by atoms with Gasteiger partial charge >= 0.3 is 6.61 Å². The summed E-state index contributed by atoms with van der Waals surface area (Å²) in [4.78, 5) is 0. The van der Waals surface area contributed by atoms with E-state index < -0.39 is 6.61 Å². The van der Waals surface area contributed by atoms with Gasteiger partial charge in [0.1, 0.15) is 5.75 Å². The molecule has 2 aromatic rings. The van der Waals surface area contributed by atoms with Crippen LogP contribution in [0.2, 0.25) is 0 Å². The number of rotatable bonds is 7. The first kappa shape index (κ1) is 18.2. The number of hydrogen-bond acceptors (Lipinski definition) is 1. The van der Waals surface area contributed by atoms with Gasteiger partial charge in [0.2, 0.25) is 0 Å². The monoisotopic (exact) mass is 346 g/mol. The van der Waals surface area contributed by atoms with Crippen LogP contribution >= 0.6 is 0 Å². The third-order valence-electron chi connectivity index (χ3n) is 5.60. The van der Waals surface area contributed by atoms with Gasteiger partial charge in [-0.1, -0.05) is 56.9 Å². The Balaban J connectivity index is 1.62. The van der Waals surface area contributed by atoms with Gasteiger partial charge in [0.05, 0.1) is 0 Å². The zero-order chi connectivity index (χ0) is 17.6. The highest BCUT2D eigenvalue weighted by atomic mass is 19.3. The minimum Gasteiger partial charge on any atom is -0.435 e. The number of ether oxygens (including phenoxy) is 1. The second-order valence-corrected chi connectivity index (χ2v) is 7.36. The van der Waals surface area contributed by atoms with Gasteiger partial charge in [-0.05, 0) is 66.0 Å². The van der Waals surface area contributed by atoms with Crippen LogP contribution in [-0.4, -0.2) is 6.61 Å². The molecule has 3 heteroatoms. The Kier molecular flexibility index (Phi) is 6.28. The third kappa shape index (κ3) is 4.93. The maximum atomic E-state index is 12.3. The quantitative estimate of drug-likeness (QED) is 0.478. The standard InChI is InChI=1S/C22H28F2O/c1-2-3-4-5-16-6-8-17(9-7-16)18-10-11-20-15-21(25-22(23)24)13-12-19(20)14-18/h10-17,22H,2-9H2,1H3. The van der Waals surface area contributed by atoms with Gasteiger partial charge in [0.25, 0.3) is 0 Å². The van der Waals surface area contributed by atoms with E-state index in [1.165, 1.54) is 56.9 Å². The van der Waals surface area contributed by atoms with Crippen LogP contribution in [0, 0.1) is 5.92 Å². The minimum absolute atomic E-state index is 0.225. The molecule has 3 rings (SSSR count). The molecule has 1 nitrogen and oxygen atoms in total. The first-order valence-electron chi connectivity index (χ1n) is 9.64. The van der Waals surface area contributed by atoms with Crippen molar-refractivity contribution in [3.05, 3.63) is 42.0 Å². The van der Waals surface area contributed by atoms with Crippen molar-refractivity contribution in [1.29, 1.82) is 0 Å². The summed E-state index contributed by atoms with van der Waals surface area (Å²) in [5.41, 5.74) is 1.39. The fourth-order valence-electron chi connectivity index (χ4n) is 4.14. The second kappa shape index (κ2) is 8.64. The highest BCUT2D eigenvalue weighted by molar-refractivity contribution is 5.84. The maximum Gasteiger partial charge on any atom is 0.387 e. The molecule has 0 unspecified atom stereocenters. The molecule has 0 heterocycles. The fourth-order valence-corrected chi connectivity index (χ4v) is 4.14. The van der Waals surface area contributed by atoms with E-state index in [1.807, 2.05) is 12.1 Å². The van der Waals surface area contributed by atoms with Crippen molar-refractivity contribution in [1.82, 2.24) is 0 Å². The van der Waals surface area contributed by atoms with Crippen LogP contribution in [0.4, 0.5) is 8.78 Å². The average Bonchev–Trinajstić information content (AvgIpc) is 2.62. The summed E-state index contributed by atoms with van der Waals surface area (Å²) in [5.74, 6) is 1.78. The molecule has 0 spiro atoms. The first-order chi connectivity index (χ1) is 12.2. The lowest BCUT2D eigenvalue weighted by molar-refractivity contribution is -0.0497. The summed E-state index contributed by atoms with van der Waals surface area (Å²) in [5, 5.41) is 2.05. The van der Waals surface area contributed by atoms with Crippen LogP contribution in [0.5, 0.6) is 5.75 Å². The zero-order valence-electron chi connectivity index (χ0n) is 15.0. The smallest absolute Gasteiger partial charge is 0.387 e. The second-order valence-electron chi connectivity index (χ2n) is 7.36. The lowest BCUT2D eigenvalue weighted by Crippen LogP contribution is -2.13. The fraction of sp³-hybridized carbons (Fsp3) is 0.545. The molecular weight excluding hydrogens is 318 g/mol. The lowest BCUT2D eigenvalue weighted by atomic mass is 9.77. The van der Waals surface area contributed by atoms with Crippen molar-refractivity contribution < 1.29 is 13.5 Å². The van der Waals surface area contributed by atoms with Crippen LogP contribution in [-0.2, 0) is 0 Å². The third-order valence-corrected chi connectivity index (χ3v) is 5.60. The Morgan fingerprint density at radius 2 is 1.68 bits per heavy atom. The number of benzene rings is 2. The van der Waals surface area contributed by atoms with E-state index in [4.69, 9.17) is 0 Å². The van der Waals surface area contributed by atoms with Gasteiger partial charge in [0, 0.05) is 0 Å². The van der Waals surface area contributed by atoms with E-state index in [9.17, 15) is 8.78 Å². The Hall–Kier alpha value is -1.64. The molecule has 25 heavy (non-hydrogen) atoms. The van der Waals surface area contributed by atoms with Crippen LogP contribution in [0.3, 0.4) is 0 Å². The molecule has 1 aliphatic rings.